The van der Waals surface area contributed by atoms with Crippen LogP contribution in [0.5, 0.6) is 5.75 Å². The van der Waals surface area contributed by atoms with Gasteiger partial charge in [0.15, 0.2) is 10.9 Å². The van der Waals surface area contributed by atoms with Crippen molar-refractivity contribution in [1.82, 2.24) is 4.98 Å². The van der Waals surface area contributed by atoms with Crippen molar-refractivity contribution < 1.29 is 4.74 Å². The predicted octanol–water partition coefficient (Wildman–Crippen LogP) is 3.35. The van der Waals surface area contributed by atoms with Gasteiger partial charge in [-0.3, -0.25) is 0 Å². The lowest BCUT2D eigenvalue weighted by Gasteiger charge is -2.19. The first-order valence-electron chi connectivity index (χ1n) is 6.01. The fraction of sp³-hybridized carbons (Fsp3) is 0.214. The number of rotatable bonds is 5. The number of nitrogens with zero attached hydrogens (tertiary/aromatic N) is 2. The molecule has 0 atom stereocenters. The molecule has 2 aromatic rings. The van der Waals surface area contributed by atoms with Crippen LogP contribution in [0.3, 0.4) is 0 Å². The third-order valence-corrected chi connectivity index (χ3v) is 3.91. The molecule has 0 aliphatic carbocycles. The molecule has 0 spiro atoms. The number of benzene rings is 1. The van der Waals surface area contributed by atoms with Crippen LogP contribution in [-0.2, 0) is 6.61 Å². The minimum absolute atomic E-state index is 0.358. The van der Waals surface area contributed by atoms with E-state index in [0.717, 1.165) is 16.1 Å². The molecule has 1 heterocycles. The second-order valence-electron chi connectivity index (χ2n) is 4.15. The lowest BCUT2D eigenvalue weighted by atomic mass is 10.2. The number of pyridine rings is 1. The molecule has 0 saturated heterocycles. The Bertz CT molecular complexity index is 592. The molecule has 0 radical (unpaired) electrons. The van der Waals surface area contributed by atoms with Gasteiger partial charge in [0.05, 0.1) is 5.69 Å². The van der Waals surface area contributed by atoms with Gasteiger partial charge >= 0.3 is 0 Å². The molecule has 4 nitrogen and oxygen atoms in total. The molecule has 0 aliphatic rings. The van der Waals surface area contributed by atoms with E-state index in [1.54, 1.807) is 42.1 Å². The van der Waals surface area contributed by atoms with E-state index in [4.69, 9.17) is 22.2 Å². The van der Waals surface area contributed by atoms with Gasteiger partial charge in [-0.2, -0.15) is 0 Å². The highest BCUT2D eigenvalue weighted by atomic mass is 35.5. The maximum atomic E-state index is 5.99. The summed E-state index contributed by atoms with van der Waals surface area (Å²) in [7, 11) is 1.81. The smallest absolute Gasteiger partial charge is 0.171 e. The molecule has 0 unspecified atom stereocenters. The molecule has 1 aromatic heterocycles. The summed E-state index contributed by atoms with van der Waals surface area (Å²) in [6.45, 7) is 0.388. The van der Waals surface area contributed by atoms with Gasteiger partial charge in [-0.25, -0.2) is 10.8 Å². The molecular weight excluding hydrogens is 294 g/mol. The van der Waals surface area contributed by atoms with Crippen LogP contribution in [0.4, 0.5) is 5.69 Å². The zero-order valence-electron chi connectivity index (χ0n) is 11.3. The Hall–Kier alpha value is -1.43. The third-order valence-electron chi connectivity index (χ3n) is 2.81. The summed E-state index contributed by atoms with van der Waals surface area (Å²) in [5, 5.41) is 1.94. The number of anilines is 1. The van der Waals surface area contributed by atoms with E-state index in [1.165, 1.54) is 0 Å². The number of ether oxygens (including phenoxy) is 1. The number of hydrogen-bond donors (Lipinski definition) is 1. The van der Waals surface area contributed by atoms with Crippen molar-refractivity contribution >= 4 is 29.1 Å². The van der Waals surface area contributed by atoms with E-state index in [-0.39, 0.29) is 0 Å². The standard InChI is InChI=1S/C14H16ClN3OS/c1-18(16)11-5-3-7-13(20-2)10(11)9-19-12-6-4-8-17-14(12)15/h3-8H,9,16H2,1-2H3. The van der Waals surface area contributed by atoms with Crippen molar-refractivity contribution in [1.29, 1.82) is 0 Å². The lowest BCUT2D eigenvalue weighted by molar-refractivity contribution is 0.302. The van der Waals surface area contributed by atoms with E-state index in [9.17, 15) is 0 Å². The molecule has 106 valence electrons. The van der Waals surface area contributed by atoms with Gasteiger partial charge in [-0.05, 0) is 30.5 Å². The van der Waals surface area contributed by atoms with Crippen molar-refractivity contribution in [2.24, 2.45) is 5.84 Å². The predicted molar refractivity (Wildman–Crippen MR) is 84.4 cm³/mol. The molecule has 2 rings (SSSR count). The maximum Gasteiger partial charge on any atom is 0.171 e. The van der Waals surface area contributed by atoms with Gasteiger partial charge in [-0.1, -0.05) is 17.7 Å². The Morgan fingerprint density at radius 1 is 1.35 bits per heavy atom. The summed E-state index contributed by atoms with van der Waals surface area (Å²) in [6.07, 6.45) is 3.65. The van der Waals surface area contributed by atoms with Crippen LogP contribution in [0.15, 0.2) is 41.4 Å². The second-order valence-corrected chi connectivity index (χ2v) is 5.36. The van der Waals surface area contributed by atoms with Crippen LogP contribution in [0.1, 0.15) is 5.56 Å². The highest BCUT2D eigenvalue weighted by Crippen LogP contribution is 2.30. The van der Waals surface area contributed by atoms with Crippen molar-refractivity contribution in [3.63, 3.8) is 0 Å². The Balaban J connectivity index is 2.26. The second kappa shape index (κ2) is 6.83. The first-order chi connectivity index (χ1) is 9.63. The number of halogens is 1. The fourth-order valence-electron chi connectivity index (χ4n) is 1.85. The van der Waals surface area contributed by atoms with Crippen molar-refractivity contribution in [3.05, 3.63) is 47.2 Å². The number of aromatic nitrogens is 1. The third kappa shape index (κ3) is 3.36. The number of hydrogen-bond acceptors (Lipinski definition) is 5. The van der Waals surface area contributed by atoms with Gasteiger partial charge in [-0.15, -0.1) is 11.8 Å². The van der Waals surface area contributed by atoms with Crippen LogP contribution in [0.25, 0.3) is 0 Å². The van der Waals surface area contributed by atoms with E-state index < -0.39 is 0 Å². The number of hydrazine groups is 1. The topological polar surface area (TPSA) is 51.4 Å². The minimum Gasteiger partial charge on any atom is -0.486 e. The highest BCUT2D eigenvalue weighted by Gasteiger charge is 2.11. The Morgan fingerprint density at radius 2 is 2.15 bits per heavy atom. The number of nitrogens with two attached hydrogens (primary N) is 1. The first-order valence-corrected chi connectivity index (χ1v) is 7.61. The molecule has 0 saturated carbocycles. The molecule has 0 fully saturated rings. The van der Waals surface area contributed by atoms with Crippen LogP contribution < -0.4 is 15.6 Å². The average Bonchev–Trinajstić information content (AvgIpc) is 2.46. The van der Waals surface area contributed by atoms with Crippen LogP contribution >= 0.6 is 23.4 Å². The molecule has 6 heteroatoms. The van der Waals surface area contributed by atoms with Gasteiger partial charge in [0, 0.05) is 23.7 Å². The van der Waals surface area contributed by atoms with Gasteiger partial charge in [0.2, 0.25) is 0 Å². The van der Waals surface area contributed by atoms with Gasteiger partial charge < -0.3 is 9.75 Å². The molecule has 0 amide bonds. The normalized spacial score (nSPS) is 10.4. The number of thioether (sulfide) groups is 1. The Morgan fingerprint density at radius 3 is 2.80 bits per heavy atom. The molecule has 20 heavy (non-hydrogen) atoms. The summed E-state index contributed by atoms with van der Waals surface area (Å²) in [4.78, 5) is 5.12. The monoisotopic (exact) mass is 309 g/mol. The Kier molecular flexibility index (Phi) is 5.11. The molecule has 2 N–H and O–H groups in total. The zero-order valence-corrected chi connectivity index (χ0v) is 12.9. The average molecular weight is 310 g/mol. The molecule has 0 bridgehead atoms. The molecule has 0 aliphatic heterocycles. The first kappa shape index (κ1) is 15.0. The van der Waals surface area contributed by atoms with Gasteiger partial charge in [0.25, 0.3) is 0 Å². The van der Waals surface area contributed by atoms with E-state index in [1.807, 2.05) is 24.5 Å². The van der Waals surface area contributed by atoms with E-state index in [2.05, 4.69) is 4.98 Å². The Labute approximate surface area is 127 Å². The van der Waals surface area contributed by atoms with E-state index >= 15 is 0 Å². The quantitative estimate of drug-likeness (QED) is 0.397. The summed E-state index contributed by atoms with van der Waals surface area (Å²) in [6, 6.07) is 9.57. The summed E-state index contributed by atoms with van der Waals surface area (Å²) in [5.74, 6) is 6.43. The fourth-order valence-corrected chi connectivity index (χ4v) is 2.65. The lowest BCUT2D eigenvalue weighted by Crippen LogP contribution is -2.26. The molecular formula is C14H16ClN3OS. The SMILES string of the molecule is CSc1cccc(N(C)N)c1COc1cccnc1Cl. The highest BCUT2D eigenvalue weighted by molar-refractivity contribution is 7.98. The van der Waals surface area contributed by atoms with Gasteiger partial charge in [0.1, 0.15) is 6.61 Å². The van der Waals surface area contributed by atoms with Crippen LogP contribution in [-0.4, -0.2) is 18.3 Å². The van der Waals surface area contributed by atoms with E-state index in [0.29, 0.717) is 17.5 Å². The van der Waals surface area contributed by atoms with Crippen molar-refractivity contribution in [3.8, 4) is 5.75 Å². The minimum atomic E-state index is 0.358. The maximum absolute atomic E-state index is 5.99. The van der Waals surface area contributed by atoms with Crippen molar-refractivity contribution in [2.45, 2.75) is 11.5 Å². The van der Waals surface area contributed by atoms with Crippen molar-refractivity contribution in [2.75, 3.05) is 18.3 Å². The zero-order chi connectivity index (χ0) is 14.5. The summed E-state index contributed by atoms with van der Waals surface area (Å²) >= 11 is 7.65. The molecule has 1 aromatic carbocycles. The summed E-state index contributed by atoms with van der Waals surface area (Å²) < 4.78 is 5.77. The summed E-state index contributed by atoms with van der Waals surface area (Å²) in [5.41, 5.74) is 1.96. The van der Waals surface area contributed by atoms with Crippen LogP contribution in [0, 0.1) is 0 Å². The largest absolute Gasteiger partial charge is 0.486 e. The van der Waals surface area contributed by atoms with Crippen LogP contribution in [0.2, 0.25) is 5.15 Å².